The van der Waals surface area contributed by atoms with Crippen molar-refractivity contribution in [1.82, 2.24) is 15.0 Å². The Balaban J connectivity index is 1.35. The number of aromatic nitrogens is 2. The molecule has 0 unspecified atom stereocenters. The summed E-state index contributed by atoms with van der Waals surface area (Å²) in [4.78, 5) is 6.56. The molecule has 146 valence electrons. The van der Waals surface area contributed by atoms with Crippen LogP contribution in [-0.4, -0.2) is 35.3 Å². The first kappa shape index (κ1) is 18.3. The van der Waals surface area contributed by atoms with Gasteiger partial charge >= 0.3 is 0 Å². The van der Waals surface area contributed by atoms with Crippen LogP contribution >= 0.6 is 0 Å². The molecule has 0 spiro atoms. The highest BCUT2D eigenvalue weighted by atomic mass is 16.6. The zero-order valence-corrected chi connectivity index (χ0v) is 16.0. The van der Waals surface area contributed by atoms with Crippen molar-refractivity contribution in [2.75, 3.05) is 20.3 Å². The van der Waals surface area contributed by atoms with E-state index in [0.717, 1.165) is 22.8 Å². The van der Waals surface area contributed by atoms with Gasteiger partial charge in [-0.1, -0.05) is 29.4 Å². The van der Waals surface area contributed by atoms with Gasteiger partial charge in [-0.15, -0.1) is 0 Å². The number of hydrogen-bond acceptors (Lipinski definition) is 7. The molecule has 0 radical (unpaired) electrons. The van der Waals surface area contributed by atoms with Gasteiger partial charge in [0.2, 0.25) is 11.7 Å². The van der Waals surface area contributed by atoms with Gasteiger partial charge in [0.05, 0.1) is 6.54 Å². The third-order valence-corrected chi connectivity index (χ3v) is 4.72. The Hall–Kier alpha value is -3.06. The van der Waals surface area contributed by atoms with Crippen LogP contribution in [-0.2, 0) is 13.2 Å². The summed E-state index contributed by atoms with van der Waals surface area (Å²) < 4.78 is 22.3. The second-order valence-electron chi connectivity index (χ2n) is 6.70. The van der Waals surface area contributed by atoms with E-state index in [4.69, 9.17) is 18.7 Å². The van der Waals surface area contributed by atoms with Gasteiger partial charge in [0.1, 0.15) is 19.0 Å². The fourth-order valence-corrected chi connectivity index (χ4v) is 3.00. The predicted octanol–water partition coefficient (Wildman–Crippen LogP) is 3.61. The molecule has 1 aromatic heterocycles. The summed E-state index contributed by atoms with van der Waals surface area (Å²) >= 11 is 0. The van der Waals surface area contributed by atoms with Crippen molar-refractivity contribution in [2.24, 2.45) is 0 Å². The van der Waals surface area contributed by atoms with Crippen LogP contribution in [0, 0.1) is 0 Å². The first-order chi connectivity index (χ1) is 13.7. The summed E-state index contributed by atoms with van der Waals surface area (Å²) in [5, 5.41) is 4.00. The van der Waals surface area contributed by atoms with Gasteiger partial charge in [0, 0.05) is 6.04 Å². The number of ether oxygens (including phenoxy) is 3. The lowest BCUT2D eigenvalue weighted by molar-refractivity contribution is 0.170. The van der Waals surface area contributed by atoms with Gasteiger partial charge in [-0.05, 0) is 43.8 Å². The van der Waals surface area contributed by atoms with Crippen molar-refractivity contribution in [2.45, 2.75) is 26.1 Å². The molecule has 7 nitrogen and oxygen atoms in total. The van der Waals surface area contributed by atoms with Crippen LogP contribution in [0.2, 0.25) is 0 Å². The van der Waals surface area contributed by atoms with Crippen molar-refractivity contribution in [3.63, 3.8) is 0 Å². The Kier molecular flexibility index (Phi) is 5.43. The average Bonchev–Trinajstić information content (AvgIpc) is 3.19. The van der Waals surface area contributed by atoms with Crippen LogP contribution in [0.1, 0.15) is 30.2 Å². The molecule has 3 aromatic rings. The molecule has 7 heteroatoms. The van der Waals surface area contributed by atoms with E-state index in [-0.39, 0.29) is 12.6 Å². The minimum absolute atomic E-state index is 0.145. The van der Waals surface area contributed by atoms with Crippen LogP contribution in [0.25, 0.3) is 0 Å². The third-order valence-electron chi connectivity index (χ3n) is 4.72. The van der Waals surface area contributed by atoms with E-state index in [0.29, 0.717) is 31.5 Å². The van der Waals surface area contributed by atoms with Gasteiger partial charge in [-0.25, -0.2) is 0 Å². The molecule has 1 atom stereocenters. The van der Waals surface area contributed by atoms with E-state index in [1.807, 2.05) is 49.5 Å². The van der Waals surface area contributed by atoms with Crippen LogP contribution < -0.4 is 14.2 Å². The molecule has 1 aliphatic rings. The lowest BCUT2D eigenvalue weighted by Crippen LogP contribution is -2.22. The second-order valence-corrected chi connectivity index (χ2v) is 6.70. The fourth-order valence-electron chi connectivity index (χ4n) is 3.00. The van der Waals surface area contributed by atoms with Gasteiger partial charge in [-0.2, -0.15) is 4.98 Å². The number of nitrogens with zero attached hydrogens (tertiary/aromatic N) is 3. The van der Waals surface area contributed by atoms with Gasteiger partial charge in [-0.3, -0.25) is 4.90 Å². The van der Waals surface area contributed by atoms with Crippen molar-refractivity contribution in [3.8, 4) is 17.2 Å². The molecular formula is C21H23N3O4. The van der Waals surface area contributed by atoms with Crippen molar-refractivity contribution >= 4 is 0 Å². The molecule has 2 aromatic carbocycles. The molecule has 4 rings (SSSR count). The van der Waals surface area contributed by atoms with Crippen molar-refractivity contribution in [1.29, 1.82) is 0 Å². The van der Waals surface area contributed by atoms with Gasteiger partial charge < -0.3 is 18.7 Å². The summed E-state index contributed by atoms with van der Waals surface area (Å²) in [7, 11) is 2.02. The van der Waals surface area contributed by atoms with E-state index in [2.05, 4.69) is 28.0 Å². The summed E-state index contributed by atoms with van der Waals surface area (Å²) in [6.07, 6.45) is 0. The molecule has 28 heavy (non-hydrogen) atoms. The van der Waals surface area contributed by atoms with E-state index in [1.165, 1.54) is 0 Å². The molecule has 0 saturated carbocycles. The molecule has 0 bridgehead atoms. The smallest absolute Gasteiger partial charge is 0.240 e. The molecule has 0 N–H and O–H groups in total. The minimum Gasteiger partial charge on any atom is -0.486 e. The number of benzene rings is 2. The highest BCUT2D eigenvalue weighted by molar-refractivity contribution is 5.44. The third kappa shape index (κ3) is 4.26. The minimum atomic E-state index is 0.145. The summed E-state index contributed by atoms with van der Waals surface area (Å²) in [5.41, 5.74) is 1.14. The highest BCUT2D eigenvalue weighted by Crippen LogP contribution is 2.34. The fraction of sp³-hybridized carbons (Fsp3) is 0.333. The Morgan fingerprint density at radius 3 is 2.68 bits per heavy atom. The maximum atomic E-state index is 5.68. The zero-order valence-electron chi connectivity index (χ0n) is 16.0. The molecule has 1 aliphatic heterocycles. The molecular weight excluding hydrogens is 358 g/mol. The summed E-state index contributed by atoms with van der Waals surface area (Å²) in [5.74, 6) is 3.45. The molecule has 2 heterocycles. The molecule has 0 aliphatic carbocycles. The molecule has 0 saturated heterocycles. The van der Waals surface area contributed by atoms with E-state index in [9.17, 15) is 0 Å². The van der Waals surface area contributed by atoms with Crippen molar-refractivity contribution < 1.29 is 18.7 Å². The maximum Gasteiger partial charge on any atom is 0.240 e. The van der Waals surface area contributed by atoms with Crippen LogP contribution in [0.3, 0.4) is 0 Å². The molecule has 0 fully saturated rings. The van der Waals surface area contributed by atoms with Crippen molar-refractivity contribution in [3.05, 3.63) is 65.8 Å². The number of rotatable bonds is 7. The average molecular weight is 381 g/mol. The van der Waals surface area contributed by atoms with Crippen LogP contribution in [0.5, 0.6) is 17.2 Å². The van der Waals surface area contributed by atoms with Crippen LogP contribution in [0.4, 0.5) is 0 Å². The lowest BCUT2D eigenvalue weighted by atomic mass is 10.1. The number of para-hydroxylation sites is 1. The maximum absolute atomic E-state index is 5.68. The normalized spacial score (nSPS) is 14.1. The van der Waals surface area contributed by atoms with Crippen LogP contribution in [0.15, 0.2) is 53.1 Å². The largest absolute Gasteiger partial charge is 0.486 e. The van der Waals surface area contributed by atoms with Gasteiger partial charge in [0.15, 0.2) is 18.1 Å². The Morgan fingerprint density at radius 1 is 1.07 bits per heavy atom. The van der Waals surface area contributed by atoms with E-state index in [1.54, 1.807) is 0 Å². The predicted molar refractivity (Wildman–Crippen MR) is 102 cm³/mol. The topological polar surface area (TPSA) is 69.9 Å². The molecule has 0 amide bonds. The standard InChI is InChI=1S/C21H23N3O4/c1-15(16-8-9-18-19(12-16)26-11-10-25-18)24(2)13-21-22-20(23-28-21)14-27-17-6-4-3-5-7-17/h3-9,12,15H,10-11,13-14H2,1-2H3/t15-/m0/s1. The van der Waals surface area contributed by atoms with E-state index >= 15 is 0 Å². The first-order valence-electron chi connectivity index (χ1n) is 9.28. The second kappa shape index (κ2) is 8.31. The quantitative estimate of drug-likeness (QED) is 0.619. The lowest BCUT2D eigenvalue weighted by Gasteiger charge is -2.25. The SMILES string of the molecule is C[C@@H](c1ccc2c(c1)OCCO2)N(C)Cc1nc(COc2ccccc2)no1. The highest BCUT2D eigenvalue weighted by Gasteiger charge is 2.19. The summed E-state index contributed by atoms with van der Waals surface area (Å²) in [6, 6.07) is 15.8. The number of hydrogen-bond donors (Lipinski definition) is 0. The first-order valence-corrected chi connectivity index (χ1v) is 9.28. The zero-order chi connectivity index (χ0) is 19.3. The number of fused-ring (bicyclic) bond motifs is 1. The Bertz CT molecular complexity index is 913. The monoisotopic (exact) mass is 381 g/mol. The van der Waals surface area contributed by atoms with Gasteiger partial charge in [0.25, 0.3) is 0 Å². The Labute approximate surface area is 163 Å². The van der Waals surface area contributed by atoms with E-state index < -0.39 is 0 Å². The summed E-state index contributed by atoms with van der Waals surface area (Å²) in [6.45, 7) is 4.11. The Morgan fingerprint density at radius 2 is 1.86 bits per heavy atom.